The monoisotopic (exact) mass is 288 g/mol. The first-order valence-corrected chi connectivity index (χ1v) is 7.11. The first kappa shape index (κ1) is 12.5. The van der Waals surface area contributed by atoms with Crippen molar-refractivity contribution in [1.29, 1.82) is 0 Å². The van der Waals surface area contributed by atoms with Crippen molar-refractivity contribution in [3.63, 3.8) is 0 Å². The van der Waals surface area contributed by atoms with Gasteiger partial charge in [-0.25, -0.2) is 4.98 Å². The summed E-state index contributed by atoms with van der Waals surface area (Å²) in [5.41, 5.74) is 1.04. The maximum Gasteiger partial charge on any atom is 0.319 e. The van der Waals surface area contributed by atoms with E-state index in [-0.39, 0.29) is 5.97 Å². The molecule has 0 atom stereocenters. The fraction of sp³-hybridized carbons (Fsp3) is 0.467. The van der Waals surface area contributed by atoms with Crippen LogP contribution in [0.3, 0.4) is 0 Å². The number of rotatable bonds is 2. The average molecular weight is 288 g/mol. The number of esters is 1. The van der Waals surface area contributed by atoms with Crippen LogP contribution in [-0.2, 0) is 14.9 Å². The summed E-state index contributed by atoms with van der Waals surface area (Å²) >= 11 is 0. The molecule has 0 bridgehead atoms. The molecule has 4 rings (SSSR count). The highest BCUT2D eigenvalue weighted by atomic mass is 16.5. The third kappa shape index (κ3) is 1.86. The molecule has 110 valence electrons. The molecule has 0 saturated heterocycles. The predicted octanol–water partition coefficient (Wildman–Crippen LogP) is 1.93. The minimum atomic E-state index is -0.590. The van der Waals surface area contributed by atoms with E-state index in [1.54, 1.807) is 0 Å². The van der Waals surface area contributed by atoms with Crippen LogP contribution in [0.2, 0.25) is 0 Å². The number of imidazole rings is 1. The van der Waals surface area contributed by atoms with Crippen LogP contribution in [0.25, 0.3) is 11.0 Å². The number of methoxy groups -OCH3 is 1. The molecule has 1 saturated carbocycles. The van der Waals surface area contributed by atoms with Crippen LogP contribution in [0, 0.1) is 0 Å². The Morgan fingerprint density at radius 2 is 2.00 bits per heavy atom. The van der Waals surface area contributed by atoms with Crippen LogP contribution < -0.4 is 9.47 Å². The van der Waals surface area contributed by atoms with E-state index in [4.69, 9.17) is 14.2 Å². The van der Waals surface area contributed by atoms with Gasteiger partial charge in [0, 0.05) is 18.6 Å². The Balaban J connectivity index is 1.79. The number of nitrogens with one attached hydrogen (secondary N) is 1. The van der Waals surface area contributed by atoms with Crippen LogP contribution in [0.15, 0.2) is 12.1 Å². The molecule has 0 unspecified atom stereocenters. The molecule has 0 spiro atoms. The number of aromatic amines is 1. The molecule has 0 radical (unpaired) electrons. The molecule has 2 heterocycles. The van der Waals surface area contributed by atoms with Gasteiger partial charge < -0.3 is 19.2 Å². The number of benzene rings is 1. The van der Waals surface area contributed by atoms with Gasteiger partial charge >= 0.3 is 5.97 Å². The van der Waals surface area contributed by atoms with Crippen molar-refractivity contribution in [3.8, 4) is 11.5 Å². The number of aromatic nitrogens is 2. The number of hydrogen-bond donors (Lipinski definition) is 1. The van der Waals surface area contributed by atoms with Crippen molar-refractivity contribution in [2.45, 2.75) is 24.7 Å². The summed E-state index contributed by atoms with van der Waals surface area (Å²) in [5, 5.41) is 0. The molecule has 6 heteroatoms. The minimum Gasteiger partial charge on any atom is -0.489 e. The number of ether oxygens (including phenoxy) is 3. The number of nitrogens with zero attached hydrogens (tertiary/aromatic N) is 1. The summed E-state index contributed by atoms with van der Waals surface area (Å²) in [6.45, 7) is 1.29. The molecule has 1 aliphatic heterocycles. The molecule has 1 N–H and O–H groups in total. The van der Waals surface area contributed by atoms with Crippen molar-refractivity contribution >= 4 is 17.0 Å². The van der Waals surface area contributed by atoms with Crippen molar-refractivity contribution in [2.75, 3.05) is 20.3 Å². The smallest absolute Gasteiger partial charge is 0.319 e. The van der Waals surface area contributed by atoms with Crippen molar-refractivity contribution in [1.82, 2.24) is 9.97 Å². The Hall–Kier alpha value is -2.24. The summed E-state index contributed by atoms with van der Waals surface area (Å²) in [7, 11) is 1.41. The van der Waals surface area contributed by atoms with E-state index in [1.165, 1.54) is 7.11 Å². The van der Waals surface area contributed by atoms with Crippen molar-refractivity contribution in [3.05, 3.63) is 18.0 Å². The number of H-pyrrole nitrogens is 1. The maximum absolute atomic E-state index is 11.9. The number of carbonyl (C=O) groups excluding carboxylic acids is 1. The highest BCUT2D eigenvalue weighted by Gasteiger charge is 2.55. The Morgan fingerprint density at radius 1 is 1.29 bits per heavy atom. The van der Waals surface area contributed by atoms with Crippen LogP contribution in [0.1, 0.15) is 25.1 Å². The van der Waals surface area contributed by atoms with Gasteiger partial charge in [-0.3, -0.25) is 4.79 Å². The standard InChI is InChI=1S/C15H16N2O4/c1-19-14(18)15(3-4-15)13-16-9-7-11-12(8-10(9)17-13)21-6-2-5-20-11/h7-8H,2-6H2,1H3,(H,16,17). The quantitative estimate of drug-likeness (QED) is 0.855. The van der Waals surface area contributed by atoms with Gasteiger partial charge in [0.25, 0.3) is 0 Å². The van der Waals surface area contributed by atoms with Crippen molar-refractivity contribution < 1.29 is 19.0 Å². The van der Waals surface area contributed by atoms with Crippen LogP contribution >= 0.6 is 0 Å². The lowest BCUT2D eigenvalue weighted by Gasteiger charge is -2.08. The Labute approximate surface area is 121 Å². The van der Waals surface area contributed by atoms with E-state index in [0.29, 0.717) is 24.8 Å². The zero-order valence-corrected chi connectivity index (χ0v) is 11.8. The summed E-state index contributed by atoms with van der Waals surface area (Å²) in [4.78, 5) is 19.7. The van der Waals surface area contributed by atoms with E-state index in [0.717, 1.165) is 36.0 Å². The van der Waals surface area contributed by atoms with Gasteiger partial charge in [-0.2, -0.15) is 0 Å². The van der Waals surface area contributed by atoms with Crippen molar-refractivity contribution in [2.24, 2.45) is 0 Å². The van der Waals surface area contributed by atoms with Gasteiger partial charge in [0.05, 0.1) is 31.4 Å². The van der Waals surface area contributed by atoms with E-state index >= 15 is 0 Å². The molecule has 0 amide bonds. The van der Waals surface area contributed by atoms with Gasteiger partial charge in [-0.15, -0.1) is 0 Å². The second-order valence-corrected chi connectivity index (χ2v) is 5.53. The van der Waals surface area contributed by atoms with Gasteiger partial charge in [-0.05, 0) is 12.8 Å². The zero-order valence-electron chi connectivity index (χ0n) is 11.8. The van der Waals surface area contributed by atoms with Gasteiger partial charge in [0.2, 0.25) is 0 Å². The van der Waals surface area contributed by atoms with E-state index in [2.05, 4.69) is 9.97 Å². The minimum absolute atomic E-state index is 0.226. The molecule has 6 nitrogen and oxygen atoms in total. The van der Waals surface area contributed by atoms with E-state index < -0.39 is 5.41 Å². The molecule has 2 aromatic rings. The third-order valence-corrected chi connectivity index (χ3v) is 4.13. The number of hydrogen-bond acceptors (Lipinski definition) is 5. The predicted molar refractivity (Wildman–Crippen MR) is 74.6 cm³/mol. The lowest BCUT2D eigenvalue weighted by atomic mass is 10.1. The molecular formula is C15H16N2O4. The topological polar surface area (TPSA) is 73.4 Å². The second-order valence-electron chi connectivity index (χ2n) is 5.53. The fourth-order valence-electron chi connectivity index (χ4n) is 2.75. The lowest BCUT2D eigenvalue weighted by Crippen LogP contribution is -2.23. The normalized spacial score (nSPS) is 19.1. The molecule has 2 aliphatic rings. The second kappa shape index (κ2) is 4.38. The SMILES string of the molecule is COC(=O)C1(c2nc3cc4c(cc3[nH]2)OCCCO4)CC1. The summed E-state index contributed by atoms with van der Waals surface area (Å²) in [6.07, 6.45) is 2.41. The molecule has 1 fully saturated rings. The van der Waals surface area contributed by atoms with Gasteiger partial charge in [0.1, 0.15) is 11.2 Å². The maximum atomic E-state index is 11.9. The largest absolute Gasteiger partial charge is 0.489 e. The third-order valence-electron chi connectivity index (χ3n) is 4.13. The van der Waals surface area contributed by atoms with E-state index in [1.807, 2.05) is 12.1 Å². The van der Waals surface area contributed by atoms with Gasteiger partial charge in [-0.1, -0.05) is 0 Å². The average Bonchev–Trinajstić information content (AvgIpc) is 3.24. The molecule has 1 aliphatic carbocycles. The highest BCUT2D eigenvalue weighted by molar-refractivity contribution is 5.88. The number of carbonyl (C=O) groups is 1. The molecule has 1 aromatic carbocycles. The molecular weight excluding hydrogens is 272 g/mol. The highest BCUT2D eigenvalue weighted by Crippen LogP contribution is 2.48. The van der Waals surface area contributed by atoms with Crippen LogP contribution in [0.4, 0.5) is 0 Å². The lowest BCUT2D eigenvalue weighted by molar-refractivity contribution is -0.143. The Kier molecular flexibility index (Phi) is 2.60. The van der Waals surface area contributed by atoms with E-state index in [9.17, 15) is 4.79 Å². The Morgan fingerprint density at radius 3 is 2.67 bits per heavy atom. The van der Waals surface area contributed by atoms with Crippen LogP contribution in [0.5, 0.6) is 11.5 Å². The zero-order chi connectivity index (χ0) is 14.4. The van der Waals surface area contributed by atoms with Crippen LogP contribution in [-0.4, -0.2) is 36.3 Å². The van der Waals surface area contributed by atoms with Gasteiger partial charge in [0.15, 0.2) is 11.5 Å². The first-order valence-electron chi connectivity index (χ1n) is 7.11. The summed E-state index contributed by atoms with van der Waals surface area (Å²) < 4.78 is 16.2. The number of fused-ring (bicyclic) bond motifs is 2. The Bertz CT molecular complexity index is 675. The summed E-state index contributed by atoms with van der Waals surface area (Å²) in [6, 6.07) is 3.75. The summed E-state index contributed by atoms with van der Waals surface area (Å²) in [5.74, 6) is 1.87. The molecule has 1 aromatic heterocycles. The fourth-order valence-corrected chi connectivity index (χ4v) is 2.75. The molecule has 21 heavy (non-hydrogen) atoms. The first-order chi connectivity index (χ1) is 10.2.